The number of carbonyl (C=O) groups is 1. The summed E-state index contributed by atoms with van der Waals surface area (Å²) in [4.78, 5) is 11.6. The van der Waals surface area contributed by atoms with E-state index in [9.17, 15) is 20.1 Å². The van der Waals surface area contributed by atoms with Gasteiger partial charge in [0.1, 0.15) is 0 Å². The van der Waals surface area contributed by atoms with E-state index in [-0.39, 0.29) is 17.1 Å². The van der Waals surface area contributed by atoms with Gasteiger partial charge in [0, 0.05) is 23.8 Å². The van der Waals surface area contributed by atoms with Gasteiger partial charge >= 0.3 is 5.97 Å². The summed E-state index contributed by atoms with van der Waals surface area (Å²) in [7, 11) is 0. The molecule has 30 heavy (non-hydrogen) atoms. The van der Waals surface area contributed by atoms with Crippen LogP contribution < -0.4 is 0 Å². The summed E-state index contributed by atoms with van der Waals surface area (Å²) in [5.41, 5.74) is -0.719. The SMILES string of the molecule is CCCCCC(C)(O)CS[C@H]1C(O)CC(O)[C@@H]1CCCCCCC(=O)OCCCC. The Kier molecular flexibility index (Phi) is 14.3. The molecule has 5 nitrogen and oxygen atoms in total. The fraction of sp³-hybridized carbons (Fsp3) is 0.958. The molecule has 3 N–H and O–H groups in total. The predicted octanol–water partition coefficient (Wildman–Crippen LogP) is 4.85. The number of aliphatic hydroxyl groups is 3. The number of ether oxygens (including phenoxy) is 1. The molecule has 0 amide bonds. The molecule has 0 aromatic carbocycles. The summed E-state index contributed by atoms with van der Waals surface area (Å²) in [6, 6.07) is 0. The summed E-state index contributed by atoms with van der Waals surface area (Å²) in [5, 5.41) is 31.4. The predicted molar refractivity (Wildman–Crippen MR) is 125 cm³/mol. The van der Waals surface area contributed by atoms with Gasteiger partial charge in [-0.25, -0.2) is 0 Å². The summed E-state index contributed by atoms with van der Waals surface area (Å²) < 4.78 is 5.17. The molecule has 0 radical (unpaired) electrons. The highest BCUT2D eigenvalue weighted by Crippen LogP contribution is 2.40. The van der Waals surface area contributed by atoms with Crippen LogP contribution in [0.1, 0.15) is 104 Å². The molecule has 0 heterocycles. The maximum absolute atomic E-state index is 11.6. The zero-order chi connectivity index (χ0) is 22.4. The van der Waals surface area contributed by atoms with E-state index < -0.39 is 17.8 Å². The van der Waals surface area contributed by atoms with Crippen molar-refractivity contribution in [2.24, 2.45) is 5.92 Å². The van der Waals surface area contributed by atoms with Crippen LogP contribution in [0.4, 0.5) is 0 Å². The average Bonchev–Trinajstić information content (AvgIpc) is 2.96. The van der Waals surface area contributed by atoms with Crippen LogP contribution in [0.2, 0.25) is 0 Å². The standard InChI is InChI=1S/C24H46O5S/c1-4-6-12-15-24(3,28)18-30-23-19(20(25)17-21(23)26)13-10-8-9-11-14-22(27)29-16-7-5-2/h19-21,23,25-26,28H,4-18H2,1-3H3/t19-,20?,21?,23+,24?/m0/s1. The second-order valence-corrected chi connectivity index (χ2v) is 10.5. The van der Waals surface area contributed by atoms with E-state index in [1.54, 1.807) is 11.8 Å². The molecule has 1 rings (SSSR count). The van der Waals surface area contributed by atoms with Crippen molar-refractivity contribution in [3.05, 3.63) is 0 Å². The van der Waals surface area contributed by atoms with Gasteiger partial charge in [-0.1, -0.05) is 58.8 Å². The molecule has 0 bridgehead atoms. The smallest absolute Gasteiger partial charge is 0.305 e. The average molecular weight is 447 g/mol. The molecule has 178 valence electrons. The minimum Gasteiger partial charge on any atom is -0.466 e. The van der Waals surface area contributed by atoms with E-state index in [2.05, 4.69) is 13.8 Å². The van der Waals surface area contributed by atoms with Gasteiger partial charge < -0.3 is 20.1 Å². The number of thioether (sulfide) groups is 1. The fourth-order valence-corrected chi connectivity index (χ4v) is 5.75. The monoisotopic (exact) mass is 446 g/mol. The molecular weight excluding hydrogens is 400 g/mol. The zero-order valence-electron chi connectivity index (χ0n) is 19.5. The van der Waals surface area contributed by atoms with Crippen molar-refractivity contribution in [3.8, 4) is 0 Å². The third-order valence-electron chi connectivity index (χ3n) is 6.11. The summed E-state index contributed by atoms with van der Waals surface area (Å²) >= 11 is 1.63. The highest BCUT2D eigenvalue weighted by molar-refractivity contribution is 8.00. The summed E-state index contributed by atoms with van der Waals surface area (Å²) in [6.07, 6.45) is 10.7. The molecule has 0 saturated heterocycles. The number of hydrogen-bond donors (Lipinski definition) is 3. The Bertz CT molecular complexity index is 457. The molecule has 1 aliphatic carbocycles. The third-order valence-corrected chi connectivity index (χ3v) is 7.95. The van der Waals surface area contributed by atoms with Crippen LogP contribution in [0.15, 0.2) is 0 Å². The highest BCUT2D eigenvalue weighted by atomic mass is 32.2. The quantitative estimate of drug-likeness (QED) is 0.219. The Morgan fingerprint density at radius 3 is 2.40 bits per heavy atom. The molecule has 1 fully saturated rings. The molecule has 0 aromatic rings. The molecule has 1 saturated carbocycles. The number of unbranched alkanes of at least 4 members (excludes halogenated alkanes) is 6. The zero-order valence-corrected chi connectivity index (χ0v) is 20.3. The molecule has 1 aliphatic rings. The van der Waals surface area contributed by atoms with Crippen LogP contribution in [0.3, 0.4) is 0 Å². The van der Waals surface area contributed by atoms with Crippen LogP contribution in [0.25, 0.3) is 0 Å². The number of rotatable bonds is 17. The lowest BCUT2D eigenvalue weighted by atomic mass is 9.97. The largest absolute Gasteiger partial charge is 0.466 e. The first-order chi connectivity index (χ1) is 14.3. The van der Waals surface area contributed by atoms with Crippen LogP contribution in [0, 0.1) is 5.92 Å². The molecule has 0 aliphatic heterocycles. The van der Waals surface area contributed by atoms with Crippen molar-refractivity contribution in [3.63, 3.8) is 0 Å². The van der Waals surface area contributed by atoms with E-state index in [0.717, 1.165) is 70.6 Å². The Balaban J connectivity index is 2.28. The molecular formula is C24H46O5S. The lowest BCUT2D eigenvalue weighted by Gasteiger charge is -2.28. The lowest BCUT2D eigenvalue weighted by molar-refractivity contribution is -0.143. The van der Waals surface area contributed by atoms with Crippen molar-refractivity contribution in [2.75, 3.05) is 12.4 Å². The molecule has 5 atom stereocenters. The summed E-state index contributed by atoms with van der Waals surface area (Å²) in [6.45, 7) is 6.65. The van der Waals surface area contributed by atoms with Crippen molar-refractivity contribution < 1.29 is 24.9 Å². The first-order valence-electron chi connectivity index (χ1n) is 12.2. The van der Waals surface area contributed by atoms with Crippen LogP contribution in [0.5, 0.6) is 0 Å². The fourth-order valence-electron chi connectivity index (χ4n) is 4.16. The second kappa shape index (κ2) is 15.5. The van der Waals surface area contributed by atoms with E-state index in [1.165, 1.54) is 0 Å². The van der Waals surface area contributed by atoms with Gasteiger partial charge in [0.2, 0.25) is 0 Å². The van der Waals surface area contributed by atoms with E-state index in [4.69, 9.17) is 4.74 Å². The van der Waals surface area contributed by atoms with Gasteiger partial charge in [0.15, 0.2) is 0 Å². The van der Waals surface area contributed by atoms with Gasteiger partial charge in [-0.2, -0.15) is 11.8 Å². The normalized spacial score (nSPS) is 25.9. The van der Waals surface area contributed by atoms with Crippen LogP contribution in [-0.4, -0.2) is 56.7 Å². The minimum absolute atomic E-state index is 0.00815. The van der Waals surface area contributed by atoms with Crippen molar-refractivity contribution >= 4 is 17.7 Å². The van der Waals surface area contributed by atoms with E-state index in [0.29, 0.717) is 25.2 Å². The lowest BCUT2D eigenvalue weighted by Crippen LogP contribution is -2.32. The van der Waals surface area contributed by atoms with E-state index >= 15 is 0 Å². The molecule has 0 aromatic heterocycles. The number of carbonyl (C=O) groups excluding carboxylic acids is 1. The molecule has 3 unspecified atom stereocenters. The van der Waals surface area contributed by atoms with Crippen molar-refractivity contribution in [1.82, 2.24) is 0 Å². The topological polar surface area (TPSA) is 87.0 Å². The van der Waals surface area contributed by atoms with Gasteiger partial charge in [0.25, 0.3) is 0 Å². The maximum Gasteiger partial charge on any atom is 0.305 e. The van der Waals surface area contributed by atoms with Crippen molar-refractivity contribution in [1.29, 1.82) is 0 Å². The van der Waals surface area contributed by atoms with Crippen LogP contribution in [-0.2, 0) is 9.53 Å². The molecule has 6 heteroatoms. The summed E-state index contributed by atoms with van der Waals surface area (Å²) in [5.74, 6) is 0.581. The second-order valence-electron chi connectivity index (χ2n) is 9.29. The number of hydrogen-bond acceptors (Lipinski definition) is 6. The van der Waals surface area contributed by atoms with Gasteiger partial charge in [-0.3, -0.25) is 4.79 Å². The molecule has 0 spiro atoms. The Morgan fingerprint density at radius 1 is 1.00 bits per heavy atom. The first kappa shape index (κ1) is 27.7. The highest BCUT2D eigenvalue weighted by Gasteiger charge is 2.42. The number of aliphatic hydroxyl groups excluding tert-OH is 2. The number of esters is 1. The first-order valence-corrected chi connectivity index (χ1v) is 13.2. The van der Waals surface area contributed by atoms with Crippen LogP contribution >= 0.6 is 11.8 Å². The van der Waals surface area contributed by atoms with E-state index in [1.807, 2.05) is 6.92 Å². The van der Waals surface area contributed by atoms with Crippen molar-refractivity contribution in [2.45, 2.75) is 127 Å². The minimum atomic E-state index is -0.719. The third kappa shape index (κ3) is 11.4. The Labute approximate surface area is 188 Å². The van der Waals surface area contributed by atoms with Gasteiger partial charge in [-0.05, 0) is 38.5 Å². The van der Waals surface area contributed by atoms with Gasteiger partial charge in [0.05, 0.1) is 24.4 Å². The maximum atomic E-state index is 11.6. The Hall–Kier alpha value is -0.300. The Morgan fingerprint density at radius 2 is 1.70 bits per heavy atom. The van der Waals surface area contributed by atoms with Gasteiger partial charge in [-0.15, -0.1) is 0 Å².